The quantitative estimate of drug-likeness (QED) is 0.0693. The molecule has 0 spiro atoms. The summed E-state index contributed by atoms with van der Waals surface area (Å²) in [4.78, 5) is 0. The van der Waals surface area contributed by atoms with E-state index in [-0.39, 0.29) is 23.6 Å². The van der Waals surface area contributed by atoms with E-state index in [9.17, 15) is 1.41 Å². The average Bonchev–Trinajstić information content (AvgIpc) is 3.25. The summed E-state index contributed by atoms with van der Waals surface area (Å²) in [5, 5.41) is 0. The molecule has 1 nitrogen and oxygen atoms in total. The first kappa shape index (κ1) is 49.3. The molecule has 6 rings (SSSR count). The third-order valence-electron chi connectivity index (χ3n) is 14.2. The molecule has 6 aromatic carbocycles. The Morgan fingerprint density at radius 2 is 0.349 bits per heavy atom. The van der Waals surface area contributed by atoms with Gasteiger partial charge in [0.25, 0.3) is 0 Å². The van der Waals surface area contributed by atoms with Gasteiger partial charge < -0.3 is 0 Å². The molecule has 0 aliphatic carbocycles. The van der Waals surface area contributed by atoms with Gasteiger partial charge in [0.05, 0.1) is 0 Å². The molecule has 3 heteroatoms. The summed E-state index contributed by atoms with van der Waals surface area (Å²) in [6.45, 7) is 30.5. The first-order valence-corrected chi connectivity index (χ1v) is 36.5. The molecule has 0 fully saturated rings. The Morgan fingerprint density at radius 1 is 0.222 bits per heavy atom. The van der Waals surface area contributed by atoms with Crippen molar-refractivity contribution in [1.82, 2.24) is 0 Å². The van der Waals surface area contributed by atoms with Crippen molar-refractivity contribution in [2.45, 2.75) is 107 Å². The molecule has 0 amide bonds. The van der Waals surface area contributed by atoms with E-state index in [1.54, 1.807) is 0 Å². The summed E-state index contributed by atoms with van der Waals surface area (Å²) in [5.41, 5.74) is 8.80. The van der Waals surface area contributed by atoms with Crippen LogP contribution in [0.15, 0.2) is 182 Å². The van der Waals surface area contributed by atoms with Crippen LogP contribution >= 0.6 is 0 Å². The van der Waals surface area contributed by atoms with Gasteiger partial charge in [0.15, 0.2) is 0 Å². The normalized spacial score (nSPS) is 17.0. The minimum absolute atomic E-state index is 0.257. The van der Waals surface area contributed by atoms with Gasteiger partial charge in [-0.15, -0.1) is 0 Å². The molecule has 6 aromatic rings. The second kappa shape index (κ2) is 22.4. The van der Waals surface area contributed by atoms with Gasteiger partial charge in [0, 0.05) is 0 Å². The van der Waals surface area contributed by atoms with Crippen LogP contribution in [0.5, 0.6) is 0 Å². The van der Waals surface area contributed by atoms with Gasteiger partial charge in [-0.05, 0) is 0 Å². The van der Waals surface area contributed by atoms with E-state index in [2.05, 4.69) is 265 Å². The summed E-state index contributed by atoms with van der Waals surface area (Å²) >= 11 is -9.44. The van der Waals surface area contributed by atoms with E-state index in [4.69, 9.17) is 0 Å². The molecular formula is C60H78OSn2. The maximum atomic E-state index is 10.1. The second-order valence-corrected chi connectivity index (χ2v) is 45.5. The topological polar surface area (TPSA) is 9.23 Å². The van der Waals surface area contributed by atoms with E-state index in [0.29, 0.717) is 35.5 Å². The van der Waals surface area contributed by atoms with Crippen LogP contribution in [0.4, 0.5) is 0 Å². The molecule has 0 saturated heterocycles. The third kappa shape index (κ3) is 10.5. The predicted molar refractivity (Wildman–Crippen MR) is 277 cm³/mol. The van der Waals surface area contributed by atoms with Crippen molar-refractivity contribution in [3.63, 3.8) is 0 Å². The Hall–Kier alpha value is -3.12. The summed E-state index contributed by atoms with van der Waals surface area (Å²) in [7, 11) is 0. The van der Waals surface area contributed by atoms with E-state index in [1.165, 1.54) is 33.4 Å². The van der Waals surface area contributed by atoms with Gasteiger partial charge in [-0.2, -0.15) is 0 Å². The van der Waals surface area contributed by atoms with E-state index in [0.717, 1.165) is 0 Å². The van der Waals surface area contributed by atoms with Crippen molar-refractivity contribution >= 4 is 37.6 Å². The van der Waals surface area contributed by atoms with Crippen molar-refractivity contribution in [2.24, 2.45) is 35.5 Å². The fourth-order valence-corrected chi connectivity index (χ4v) is 79.7. The maximum absolute atomic E-state index is 10.1. The summed E-state index contributed by atoms with van der Waals surface area (Å²) in [6, 6.07) is 70.7. The second-order valence-electron chi connectivity index (χ2n) is 20.6. The molecule has 6 atom stereocenters. The van der Waals surface area contributed by atoms with Crippen LogP contribution in [0.1, 0.15) is 140 Å². The molecule has 6 unspecified atom stereocenters. The molecule has 0 aromatic heterocycles. The average molecular weight is 1050 g/mol. The number of rotatable bonds is 20. The standard InChI is InChI=1S/6C10H13.O.2Sn/c6*1-9(2)8-10-6-4-3-5-7-10;;;/h6*3-9H,1-2H3;;;. The molecule has 0 bridgehead atoms. The number of hydrogen-bond donors (Lipinski definition) is 0. The molecule has 0 N–H and O–H groups in total. The Kier molecular flexibility index (Phi) is 17.5. The molecule has 0 aliphatic heterocycles. The fourth-order valence-electron chi connectivity index (χ4n) is 12.8. The molecule has 332 valence electrons. The van der Waals surface area contributed by atoms with Gasteiger partial charge in [0.1, 0.15) is 0 Å². The van der Waals surface area contributed by atoms with Gasteiger partial charge >= 0.3 is 397 Å². The van der Waals surface area contributed by atoms with Gasteiger partial charge in [-0.1, -0.05) is 0 Å². The zero-order valence-corrected chi connectivity index (χ0v) is 46.4. The van der Waals surface area contributed by atoms with E-state index < -0.39 is 37.6 Å². The number of hydrogen-bond acceptors (Lipinski definition) is 1. The predicted octanol–water partition coefficient (Wildman–Crippen LogP) is 16.8. The zero-order chi connectivity index (χ0) is 45.3. The van der Waals surface area contributed by atoms with Crippen LogP contribution in [0.3, 0.4) is 0 Å². The molecule has 0 aliphatic rings. The van der Waals surface area contributed by atoms with Crippen molar-refractivity contribution < 1.29 is 1.41 Å². The summed E-state index contributed by atoms with van der Waals surface area (Å²) in [6.07, 6.45) is 0. The number of benzene rings is 6. The summed E-state index contributed by atoms with van der Waals surface area (Å²) < 4.78 is 11.7. The van der Waals surface area contributed by atoms with Gasteiger partial charge in [-0.3, -0.25) is 0 Å². The Bertz CT molecular complexity index is 1790. The van der Waals surface area contributed by atoms with Crippen LogP contribution in [-0.4, -0.2) is 37.6 Å². The van der Waals surface area contributed by atoms with Gasteiger partial charge in [-0.25, -0.2) is 0 Å². The van der Waals surface area contributed by atoms with Gasteiger partial charge in [0.2, 0.25) is 0 Å². The van der Waals surface area contributed by atoms with Crippen molar-refractivity contribution in [2.75, 3.05) is 0 Å². The fraction of sp³-hybridized carbons (Fsp3) is 0.400. The zero-order valence-electron chi connectivity index (χ0n) is 40.7. The summed E-state index contributed by atoms with van der Waals surface area (Å²) in [5.74, 6) is 2.08. The van der Waals surface area contributed by atoms with Crippen molar-refractivity contribution in [1.29, 1.82) is 0 Å². The van der Waals surface area contributed by atoms with Crippen LogP contribution in [0.25, 0.3) is 0 Å². The Morgan fingerprint density at radius 3 is 0.460 bits per heavy atom. The first-order valence-electron chi connectivity index (χ1n) is 24.3. The Balaban J connectivity index is 1.99. The molecule has 0 radical (unpaired) electrons. The van der Waals surface area contributed by atoms with Crippen LogP contribution in [-0.2, 0) is 1.41 Å². The Labute approximate surface area is 393 Å². The SMILES string of the molecule is CC(C)[CH](c1ccccc1)[Sn]([O][Sn]([CH](c1ccccc1)C(C)C)([CH](c1ccccc1)C(C)C)[CH](c1ccccc1)C(C)C)([CH](c1ccccc1)C(C)C)[CH](c1ccccc1)C(C)C. The van der Waals surface area contributed by atoms with Crippen LogP contribution < -0.4 is 0 Å². The van der Waals surface area contributed by atoms with E-state index in [1.807, 2.05) is 0 Å². The van der Waals surface area contributed by atoms with E-state index >= 15 is 0 Å². The molecule has 63 heavy (non-hydrogen) atoms. The molecule has 0 saturated carbocycles. The van der Waals surface area contributed by atoms with Crippen molar-refractivity contribution in [3.8, 4) is 0 Å². The molecule has 0 heterocycles. The minimum atomic E-state index is -4.72. The monoisotopic (exact) mass is 1050 g/mol. The van der Waals surface area contributed by atoms with Crippen LogP contribution in [0.2, 0.25) is 0 Å². The first-order chi connectivity index (χ1) is 30.3. The third-order valence-corrected chi connectivity index (χ3v) is 63.6. The molecular weight excluding hydrogens is 974 g/mol. The van der Waals surface area contributed by atoms with Crippen molar-refractivity contribution in [3.05, 3.63) is 215 Å². The van der Waals surface area contributed by atoms with Crippen LogP contribution in [0, 0.1) is 35.5 Å².